The minimum atomic E-state index is -0.256. The number of fused-ring (bicyclic) bond motifs is 2. The molecule has 2 aliphatic heterocycles. The normalized spacial score (nSPS) is 13.2. The Kier molecular flexibility index (Phi) is 6.45. The van der Waals surface area contributed by atoms with Crippen LogP contribution < -0.4 is 18.9 Å². The van der Waals surface area contributed by atoms with E-state index in [4.69, 9.17) is 23.4 Å². The fraction of sp³-hybridized carbons (Fsp3) is 0.333. The molecule has 0 aliphatic carbocycles. The van der Waals surface area contributed by atoms with Gasteiger partial charge in [-0.15, -0.1) is 0 Å². The Labute approximate surface area is 209 Å². The van der Waals surface area contributed by atoms with Crippen molar-refractivity contribution in [3.63, 3.8) is 0 Å². The Balaban J connectivity index is 1.36. The highest BCUT2D eigenvalue weighted by molar-refractivity contribution is 5.97. The highest BCUT2D eigenvalue weighted by Crippen LogP contribution is 2.34. The SMILES string of the molecule is Cc1ccc(CN(Cc2ccc3c(c2)OCO3)C(=O)CN(C(=O)c2ccc3c(c2)OCO3)C(C)C)o1. The molecule has 2 amide bonds. The smallest absolute Gasteiger partial charge is 0.254 e. The summed E-state index contributed by atoms with van der Waals surface area (Å²) in [6.07, 6.45) is 0. The van der Waals surface area contributed by atoms with E-state index in [-0.39, 0.29) is 44.5 Å². The van der Waals surface area contributed by atoms with E-state index in [0.29, 0.717) is 40.9 Å². The summed E-state index contributed by atoms with van der Waals surface area (Å²) in [7, 11) is 0. The van der Waals surface area contributed by atoms with Crippen molar-refractivity contribution in [1.82, 2.24) is 9.80 Å². The van der Waals surface area contributed by atoms with Gasteiger partial charge >= 0.3 is 0 Å². The van der Waals surface area contributed by atoms with Crippen molar-refractivity contribution in [2.45, 2.75) is 39.9 Å². The van der Waals surface area contributed by atoms with Crippen LogP contribution in [0.3, 0.4) is 0 Å². The predicted molar refractivity (Wildman–Crippen MR) is 129 cm³/mol. The van der Waals surface area contributed by atoms with E-state index in [0.717, 1.165) is 11.3 Å². The topological polar surface area (TPSA) is 90.7 Å². The Hall–Kier alpha value is -4.14. The summed E-state index contributed by atoms with van der Waals surface area (Å²) in [6, 6.07) is 14.2. The quantitative estimate of drug-likeness (QED) is 0.467. The molecule has 2 aliphatic rings. The van der Waals surface area contributed by atoms with Gasteiger partial charge in [-0.2, -0.15) is 0 Å². The van der Waals surface area contributed by atoms with E-state index in [1.54, 1.807) is 28.0 Å². The van der Waals surface area contributed by atoms with Crippen LogP contribution in [0.5, 0.6) is 23.0 Å². The molecule has 0 fully saturated rings. The van der Waals surface area contributed by atoms with Crippen molar-refractivity contribution in [3.05, 3.63) is 71.2 Å². The molecule has 36 heavy (non-hydrogen) atoms. The number of ether oxygens (including phenoxy) is 4. The van der Waals surface area contributed by atoms with Crippen molar-refractivity contribution in [2.75, 3.05) is 20.1 Å². The molecule has 0 atom stereocenters. The second-order valence-electron chi connectivity index (χ2n) is 9.04. The zero-order valence-electron chi connectivity index (χ0n) is 20.5. The van der Waals surface area contributed by atoms with Crippen LogP contribution in [0.1, 0.15) is 41.3 Å². The lowest BCUT2D eigenvalue weighted by Gasteiger charge is -2.30. The number of rotatable bonds is 8. The molecule has 0 spiro atoms. The van der Waals surface area contributed by atoms with E-state index in [2.05, 4.69) is 0 Å². The lowest BCUT2D eigenvalue weighted by atomic mass is 10.1. The zero-order valence-corrected chi connectivity index (χ0v) is 20.5. The molecule has 9 nitrogen and oxygen atoms in total. The van der Waals surface area contributed by atoms with Crippen molar-refractivity contribution in [2.24, 2.45) is 0 Å². The number of furan rings is 1. The first-order valence-electron chi connectivity index (χ1n) is 11.8. The average Bonchev–Trinajstić information content (AvgIpc) is 3.61. The molecular formula is C27H28N2O7. The first kappa shape index (κ1) is 23.6. The molecular weight excluding hydrogens is 464 g/mol. The Morgan fingerprint density at radius 3 is 2.17 bits per heavy atom. The predicted octanol–water partition coefficient (Wildman–Crippen LogP) is 4.13. The largest absolute Gasteiger partial charge is 0.464 e. The van der Waals surface area contributed by atoms with Crippen LogP contribution in [0.15, 0.2) is 52.9 Å². The number of carbonyl (C=O) groups is 2. The molecule has 9 heteroatoms. The van der Waals surface area contributed by atoms with Crippen LogP contribution in [0.4, 0.5) is 0 Å². The summed E-state index contributed by atoms with van der Waals surface area (Å²) in [4.78, 5) is 30.3. The minimum absolute atomic E-state index is 0.0881. The van der Waals surface area contributed by atoms with Crippen LogP contribution >= 0.6 is 0 Å². The number of benzene rings is 2. The van der Waals surface area contributed by atoms with Gasteiger partial charge in [-0.3, -0.25) is 9.59 Å². The van der Waals surface area contributed by atoms with Crippen LogP contribution in [-0.2, 0) is 17.9 Å². The molecule has 0 unspecified atom stereocenters. The summed E-state index contributed by atoms with van der Waals surface area (Å²) >= 11 is 0. The summed E-state index contributed by atoms with van der Waals surface area (Å²) in [5.41, 5.74) is 1.32. The molecule has 0 saturated heterocycles. The number of hydrogen-bond donors (Lipinski definition) is 0. The van der Waals surface area contributed by atoms with Gasteiger partial charge in [0.15, 0.2) is 23.0 Å². The lowest BCUT2D eigenvalue weighted by Crippen LogP contribution is -2.45. The molecule has 0 bridgehead atoms. The first-order chi connectivity index (χ1) is 17.4. The van der Waals surface area contributed by atoms with Gasteiger partial charge in [0, 0.05) is 18.2 Å². The number of amides is 2. The van der Waals surface area contributed by atoms with Gasteiger partial charge in [0.05, 0.1) is 6.54 Å². The molecule has 0 N–H and O–H groups in total. The van der Waals surface area contributed by atoms with Crippen molar-refractivity contribution in [3.8, 4) is 23.0 Å². The number of hydrogen-bond acceptors (Lipinski definition) is 7. The maximum absolute atomic E-state index is 13.6. The Morgan fingerprint density at radius 1 is 0.833 bits per heavy atom. The average molecular weight is 493 g/mol. The standard InChI is InChI=1S/C27H28N2O7/c1-17(2)29(27(31)20-6-9-23-25(11-20)35-16-33-23)14-26(30)28(13-21-7-4-18(3)36-21)12-19-5-8-22-24(10-19)34-15-32-22/h4-11,17H,12-16H2,1-3H3. The van der Waals surface area contributed by atoms with Crippen LogP contribution in [-0.4, -0.2) is 47.8 Å². The molecule has 3 aromatic rings. The summed E-state index contributed by atoms with van der Waals surface area (Å²) in [6.45, 7) is 6.43. The van der Waals surface area contributed by atoms with Crippen LogP contribution in [0, 0.1) is 6.92 Å². The van der Waals surface area contributed by atoms with Gasteiger partial charge in [0.25, 0.3) is 5.91 Å². The lowest BCUT2D eigenvalue weighted by molar-refractivity contribution is -0.133. The number of nitrogens with zero attached hydrogens (tertiary/aromatic N) is 2. The highest BCUT2D eigenvalue weighted by Gasteiger charge is 2.27. The monoisotopic (exact) mass is 492 g/mol. The Morgan fingerprint density at radius 2 is 1.50 bits per heavy atom. The van der Waals surface area contributed by atoms with E-state index >= 15 is 0 Å². The van der Waals surface area contributed by atoms with Crippen LogP contribution in [0.2, 0.25) is 0 Å². The van der Waals surface area contributed by atoms with Gasteiger partial charge in [-0.25, -0.2) is 0 Å². The summed E-state index contributed by atoms with van der Waals surface area (Å²) < 4.78 is 27.4. The third-order valence-electron chi connectivity index (χ3n) is 6.12. The van der Waals surface area contributed by atoms with Gasteiger partial charge in [0.1, 0.15) is 18.1 Å². The first-order valence-corrected chi connectivity index (χ1v) is 11.8. The van der Waals surface area contributed by atoms with Crippen molar-refractivity contribution >= 4 is 11.8 Å². The summed E-state index contributed by atoms with van der Waals surface area (Å²) in [5, 5.41) is 0. The molecule has 3 heterocycles. The van der Waals surface area contributed by atoms with Crippen LogP contribution in [0.25, 0.3) is 0 Å². The van der Waals surface area contributed by atoms with E-state index < -0.39 is 0 Å². The molecule has 1 aromatic heterocycles. The second kappa shape index (κ2) is 9.85. The van der Waals surface area contributed by atoms with E-state index in [1.165, 1.54) is 0 Å². The molecule has 188 valence electrons. The molecule has 5 rings (SSSR count). The van der Waals surface area contributed by atoms with Gasteiger partial charge in [-0.05, 0) is 68.8 Å². The van der Waals surface area contributed by atoms with Gasteiger partial charge in [0.2, 0.25) is 19.5 Å². The summed E-state index contributed by atoms with van der Waals surface area (Å²) in [5.74, 6) is 3.42. The fourth-order valence-electron chi connectivity index (χ4n) is 4.18. The maximum atomic E-state index is 13.6. The van der Waals surface area contributed by atoms with Gasteiger partial charge < -0.3 is 33.2 Å². The van der Waals surface area contributed by atoms with E-state index in [1.807, 2.05) is 51.1 Å². The fourth-order valence-corrected chi connectivity index (χ4v) is 4.18. The third-order valence-corrected chi connectivity index (χ3v) is 6.12. The highest BCUT2D eigenvalue weighted by atomic mass is 16.7. The van der Waals surface area contributed by atoms with Crippen molar-refractivity contribution < 1.29 is 33.0 Å². The molecule has 0 saturated carbocycles. The molecule has 0 radical (unpaired) electrons. The zero-order chi connectivity index (χ0) is 25.2. The molecule has 2 aromatic carbocycles. The maximum Gasteiger partial charge on any atom is 0.254 e. The minimum Gasteiger partial charge on any atom is -0.464 e. The van der Waals surface area contributed by atoms with E-state index in [9.17, 15) is 9.59 Å². The van der Waals surface area contributed by atoms with Gasteiger partial charge in [-0.1, -0.05) is 6.07 Å². The third kappa shape index (κ3) is 4.95. The Bertz CT molecular complexity index is 1280. The number of carbonyl (C=O) groups excluding carboxylic acids is 2. The second-order valence-corrected chi connectivity index (χ2v) is 9.04. The van der Waals surface area contributed by atoms with Crippen molar-refractivity contribution in [1.29, 1.82) is 0 Å². The number of aryl methyl sites for hydroxylation is 1.